The van der Waals surface area contributed by atoms with Crippen molar-refractivity contribution in [2.24, 2.45) is 5.92 Å². The van der Waals surface area contributed by atoms with Gasteiger partial charge in [-0.1, -0.05) is 0 Å². The van der Waals surface area contributed by atoms with Crippen molar-refractivity contribution < 1.29 is 13.2 Å². The molecule has 104 valence electrons. The van der Waals surface area contributed by atoms with E-state index in [-0.39, 0.29) is 0 Å². The smallest absolute Gasteiger partial charge is 0.352 e. The minimum absolute atomic E-state index is 0.373. The highest BCUT2D eigenvalue weighted by Gasteiger charge is 2.36. The summed E-state index contributed by atoms with van der Waals surface area (Å²) in [6.07, 6.45) is -1.12. The topological polar surface area (TPSA) is 28.2 Å². The summed E-state index contributed by atoms with van der Waals surface area (Å²) in [5.74, 6) is 1.25. The van der Waals surface area contributed by atoms with Crippen LogP contribution in [0.15, 0.2) is 18.3 Å². The number of anilines is 1. The van der Waals surface area contributed by atoms with Crippen LogP contribution in [0.1, 0.15) is 18.4 Å². The van der Waals surface area contributed by atoms with Crippen molar-refractivity contribution in [2.45, 2.75) is 25.1 Å². The van der Waals surface area contributed by atoms with E-state index in [1.807, 2.05) is 0 Å². The molecule has 1 N–H and O–H groups in total. The first-order valence-corrected chi connectivity index (χ1v) is 6.56. The highest BCUT2D eigenvalue weighted by Crippen LogP contribution is 2.32. The lowest BCUT2D eigenvalue weighted by molar-refractivity contribution is -0.137. The zero-order valence-electron chi connectivity index (χ0n) is 10.5. The third-order valence-corrected chi connectivity index (χ3v) is 4.05. The summed E-state index contributed by atoms with van der Waals surface area (Å²) in [7, 11) is 0. The van der Waals surface area contributed by atoms with Gasteiger partial charge in [0, 0.05) is 31.9 Å². The molecule has 0 spiro atoms. The second kappa shape index (κ2) is 4.67. The molecule has 2 unspecified atom stereocenters. The van der Waals surface area contributed by atoms with E-state index in [2.05, 4.69) is 15.2 Å². The van der Waals surface area contributed by atoms with E-state index in [9.17, 15) is 13.2 Å². The van der Waals surface area contributed by atoms with Crippen LogP contribution in [0.5, 0.6) is 0 Å². The van der Waals surface area contributed by atoms with Gasteiger partial charge in [-0.2, -0.15) is 13.2 Å². The predicted molar refractivity (Wildman–Crippen MR) is 66.0 cm³/mol. The lowest BCUT2D eigenvalue weighted by Gasteiger charge is -2.38. The number of alkyl halides is 3. The molecular formula is C13H16F3N3. The molecule has 0 bridgehead atoms. The molecule has 3 heterocycles. The third kappa shape index (κ3) is 2.41. The maximum absolute atomic E-state index is 12.5. The minimum atomic E-state index is -4.31. The largest absolute Gasteiger partial charge is 0.417 e. The normalized spacial score (nSPS) is 27.4. The summed E-state index contributed by atoms with van der Waals surface area (Å²) >= 11 is 0. The third-order valence-electron chi connectivity index (χ3n) is 4.05. The number of pyridine rings is 1. The molecule has 0 amide bonds. The van der Waals surface area contributed by atoms with Crippen molar-refractivity contribution in [3.63, 3.8) is 0 Å². The van der Waals surface area contributed by atoms with Crippen molar-refractivity contribution in [3.8, 4) is 0 Å². The zero-order valence-corrected chi connectivity index (χ0v) is 10.5. The van der Waals surface area contributed by atoms with Crippen LogP contribution in [0.25, 0.3) is 0 Å². The summed E-state index contributed by atoms with van der Waals surface area (Å²) in [6, 6.07) is 2.98. The van der Waals surface area contributed by atoms with Gasteiger partial charge in [0.25, 0.3) is 0 Å². The highest BCUT2D eigenvalue weighted by molar-refractivity contribution is 5.42. The number of aromatic nitrogens is 1. The van der Waals surface area contributed by atoms with Crippen LogP contribution >= 0.6 is 0 Å². The molecule has 0 aliphatic carbocycles. The maximum atomic E-state index is 12.5. The van der Waals surface area contributed by atoms with Crippen LogP contribution in [-0.4, -0.2) is 30.7 Å². The number of rotatable bonds is 1. The fourth-order valence-electron chi connectivity index (χ4n) is 3.08. The molecule has 3 nitrogen and oxygen atoms in total. The number of piperidine rings is 1. The van der Waals surface area contributed by atoms with E-state index in [0.717, 1.165) is 38.3 Å². The number of halogens is 3. The van der Waals surface area contributed by atoms with Gasteiger partial charge < -0.3 is 10.2 Å². The second-order valence-corrected chi connectivity index (χ2v) is 5.22. The van der Waals surface area contributed by atoms with Gasteiger partial charge >= 0.3 is 6.18 Å². The number of nitrogens with one attached hydrogen (secondary N) is 1. The first-order chi connectivity index (χ1) is 9.05. The molecule has 0 radical (unpaired) electrons. The van der Waals surface area contributed by atoms with Crippen LogP contribution < -0.4 is 10.2 Å². The number of nitrogens with zero attached hydrogens (tertiary/aromatic N) is 2. The second-order valence-electron chi connectivity index (χ2n) is 5.22. The summed E-state index contributed by atoms with van der Waals surface area (Å²) in [5.41, 5.74) is -0.686. The van der Waals surface area contributed by atoms with Crippen molar-refractivity contribution in [3.05, 3.63) is 23.9 Å². The Labute approximate surface area is 109 Å². The van der Waals surface area contributed by atoms with Crippen molar-refractivity contribution in [1.82, 2.24) is 10.3 Å². The summed E-state index contributed by atoms with van der Waals surface area (Å²) in [5, 5.41) is 3.35. The SMILES string of the molecule is FC(F)(F)c1ccc(N2CCCC3CNCC32)nc1. The van der Waals surface area contributed by atoms with Crippen LogP contribution in [-0.2, 0) is 6.18 Å². The molecule has 1 aromatic rings. The van der Waals surface area contributed by atoms with E-state index in [1.54, 1.807) is 0 Å². The molecule has 3 rings (SSSR count). The lowest BCUT2D eigenvalue weighted by atomic mass is 9.92. The van der Waals surface area contributed by atoms with Gasteiger partial charge in [0.15, 0.2) is 0 Å². The average molecular weight is 271 g/mol. The molecule has 2 fully saturated rings. The Bertz CT molecular complexity index is 443. The molecule has 6 heteroatoms. The highest BCUT2D eigenvalue weighted by atomic mass is 19.4. The fourth-order valence-corrected chi connectivity index (χ4v) is 3.08. The maximum Gasteiger partial charge on any atom is 0.417 e. The Morgan fingerprint density at radius 3 is 2.79 bits per heavy atom. The van der Waals surface area contributed by atoms with Crippen LogP contribution in [0.2, 0.25) is 0 Å². The molecule has 19 heavy (non-hydrogen) atoms. The van der Waals surface area contributed by atoms with Crippen molar-refractivity contribution in [1.29, 1.82) is 0 Å². The standard InChI is InChI=1S/C13H16F3N3/c14-13(15,16)10-3-4-12(18-7-10)19-5-1-2-9-6-17-8-11(9)19/h3-4,7,9,11,17H,1-2,5-6,8H2. The Kier molecular flexibility index (Phi) is 3.12. The van der Waals surface area contributed by atoms with Gasteiger partial charge in [-0.3, -0.25) is 0 Å². The Morgan fingerprint density at radius 1 is 1.26 bits per heavy atom. The quantitative estimate of drug-likeness (QED) is 0.849. The molecule has 2 aliphatic rings. The van der Waals surface area contributed by atoms with Crippen molar-refractivity contribution >= 4 is 5.82 Å². The number of hydrogen-bond acceptors (Lipinski definition) is 3. The Hall–Kier alpha value is -1.30. The fraction of sp³-hybridized carbons (Fsp3) is 0.615. The first-order valence-electron chi connectivity index (χ1n) is 6.56. The van der Waals surface area contributed by atoms with Gasteiger partial charge in [-0.15, -0.1) is 0 Å². The average Bonchev–Trinajstić information content (AvgIpc) is 2.86. The van der Waals surface area contributed by atoms with E-state index >= 15 is 0 Å². The van der Waals surface area contributed by atoms with Gasteiger partial charge in [0.1, 0.15) is 5.82 Å². The summed E-state index contributed by atoms with van der Waals surface area (Å²) in [4.78, 5) is 6.15. The molecular weight excluding hydrogens is 255 g/mol. The molecule has 0 saturated carbocycles. The van der Waals surface area contributed by atoms with E-state index in [4.69, 9.17) is 0 Å². The monoisotopic (exact) mass is 271 g/mol. The summed E-state index contributed by atoms with van der Waals surface area (Å²) in [6.45, 7) is 2.77. The summed E-state index contributed by atoms with van der Waals surface area (Å²) < 4.78 is 37.5. The number of fused-ring (bicyclic) bond motifs is 1. The van der Waals surface area contributed by atoms with Crippen molar-refractivity contribution in [2.75, 3.05) is 24.5 Å². The lowest BCUT2D eigenvalue weighted by Crippen LogP contribution is -2.45. The zero-order chi connectivity index (χ0) is 13.5. The van der Waals surface area contributed by atoms with E-state index in [1.165, 1.54) is 12.5 Å². The van der Waals surface area contributed by atoms with Gasteiger partial charge in [-0.25, -0.2) is 4.98 Å². The minimum Gasteiger partial charge on any atom is -0.352 e. The Balaban J connectivity index is 1.82. The van der Waals surface area contributed by atoms with Gasteiger partial charge in [-0.05, 0) is 30.9 Å². The molecule has 2 atom stereocenters. The molecule has 2 saturated heterocycles. The van der Waals surface area contributed by atoms with E-state index in [0.29, 0.717) is 17.8 Å². The van der Waals surface area contributed by atoms with Crippen LogP contribution in [0, 0.1) is 5.92 Å². The van der Waals surface area contributed by atoms with Gasteiger partial charge in [0.05, 0.1) is 5.56 Å². The molecule has 2 aliphatic heterocycles. The molecule has 1 aromatic heterocycles. The number of hydrogen-bond donors (Lipinski definition) is 1. The van der Waals surface area contributed by atoms with Gasteiger partial charge in [0.2, 0.25) is 0 Å². The van der Waals surface area contributed by atoms with Crippen LogP contribution in [0.4, 0.5) is 19.0 Å². The first kappa shape index (κ1) is 12.7. The predicted octanol–water partition coefficient (Wildman–Crippen LogP) is 2.29. The van der Waals surface area contributed by atoms with Crippen LogP contribution in [0.3, 0.4) is 0 Å². The molecule has 0 aromatic carbocycles. The Morgan fingerprint density at radius 2 is 2.11 bits per heavy atom. The van der Waals surface area contributed by atoms with E-state index < -0.39 is 11.7 Å².